The van der Waals surface area contributed by atoms with E-state index in [9.17, 15) is 43.5 Å². The zero-order valence-electron chi connectivity index (χ0n) is 43.0. The molecule has 3 aliphatic heterocycles. The highest BCUT2D eigenvalue weighted by atomic mass is 32.2. The second-order valence-corrected chi connectivity index (χ2v) is 22.5. The maximum atomic E-state index is 14.6. The van der Waals surface area contributed by atoms with Crippen molar-refractivity contribution in [2.45, 2.75) is 190 Å². The second kappa shape index (κ2) is 23.1. The van der Waals surface area contributed by atoms with E-state index in [2.05, 4.69) is 10.0 Å². The molecule has 3 fully saturated rings. The van der Waals surface area contributed by atoms with Gasteiger partial charge in [-0.3, -0.25) is 9.52 Å². The maximum absolute atomic E-state index is 14.6. The predicted molar refractivity (Wildman–Crippen MR) is 261 cm³/mol. The number of ether oxygens (including phenoxy) is 6. The summed E-state index contributed by atoms with van der Waals surface area (Å²) in [5.41, 5.74) is -4.47. The minimum Gasteiger partial charge on any atom is -0.459 e. The van der Waals surface area contributed by atoms with Crippen LogP contribution in [-0.2, 0) is 43.2 Å². The van der Waals surface area contributed by atoms with Crippen molar-refractivity contribution in [3.63, 3.8) is 0 Å². The van der Waals surface area contributed by atoms with Gasteiger partial charge in [0.15, 0.2) is 12.6 Å². The first-order valence-corrected chi connectivity index (χ1v) is 25.8. The van der Waals surface area contributed by atoms with Crippen molar-refractivity contribution in [1.82, 2.24) is 9.80 Å². The van der Waals surface area contributed by atoms with Crippen LogP contribution in [0, 0.1) is 17.8 Å². The van der Waals surface area contributed by atoms with Crippen molar-refractivity contribution in [2.75, 3.05) is 37.8 Å². The summed E-state index contributed by atoms with van der Waals surface area (Å²) in [6.07, 6.45) is -10.5. The third kappa shape index (κ3) is 13.2. The van der Waals surface area contributed by atoms with Crippen LogP contribution < -0.4 is 10.0 Å². The fourth-order valence-corrected chi connectivity index (χ4v) is 11.5. The second-order valence-electron chi connectivity index (χ2n) is 20.8. The molecule has 396 valence electrons. The lowest BCUT2D eigenvalue weighted by molar-refractivity contribution is -0.318. The highest BCUT2D eigenvalue weighted by molar-refractivity contribution is 7.92. The van der Waals surface area contributed by atoms with E-state index >= 15 is 0 Å². The average Bonchev–Trinajstić information content (AvgIpc) is 3.29. The van der Waals surface area contributed by atoms with Gasteiger partial charge in [0.25, 0.3) is 10.0 Å². The molecule has 2 aromatic carbocycles. The quantitative estimate of drug-likeness (QED) is 0.155. The van der Waals surface area contributed by atoms with Gasteiger partial charge >= 0.3 is 12.0 Å². The number of rotatable bonds is 11. The molecule has 7 N–H and O–H groups in total. The number of urea groups is 1. The number of hydrogen-bond donors (Lipinski definition) is 7. The van der Waals surface area contributed by atoms with Gasteiger partial charge in [0.1, 0.15) is 30.0 Å². The molecule has 2 unspecified atom stereocenters. The van der Waals surface area contributed by atoms with Gasteiger partial charge in [0.2, 0.25) is 0 Å². The van der Waals surface area contributed by atoms with Crippen molar-refractivity contribution in [1.29, 1.82) is 0 Å². The van der Waals surface area contributed by atoms with E-state index in [0.717, 1.165) is 0 Å². The number of esters is 1. The molecule has 3 saturated heterocycles. The molecular formula is C50H80N4O15S. The number of likely N-dealkylation sites (N-methyl/N-ethyl adjacent to an activating group) is 1. The summed E-state index contributed by atoms with van der Waals surface area (Å²) in [7, 11) is 1.17. The monoisotopic (exact) mass is 1010 g/mol. The number of carbonyl (C=O) groups excluding carboxylic acids is 2. The topological polar surface area (TPSA) is 255 Å². The van der Waals surface area contributed by atoms with E-state index in [1.807, 2.05) is 25.9 Å². The summed E-state index contributed by atoms with van der Waals surface area (Å²) in [5, 5.41) is 62.8. The van der Waals surface area contributed by atoms with Gasteiger partial charge < -0.3 is 69.1 Å². The van der Waals surface area contributed by atoms with Crippen LogP contribution in [0.2, 0.25) is 0 Å². The van der Waals surface area contributed by atoms with Crippen molar-refractivity contribution in [3.8, 4) is 0 Å². The Morgan fingerprint density at radius 1 is 0.886 bits per heavy atom. The van der Waals surface area contributed by atoms with Gasteiger partial charge in [-0.2, -0.15) is 0 Å². The molecule has 3 heterocycles. The van der Waals surface area contributed by atoms with Crippen molar-refractivity contribution >= 4 is 33.4 Å². The normalized spacial score (nSPS) is 39.6. The molecule has 0 aliphatic carbocycles. The summed E-state index contributed by atoms with van der Waals surface area (Å²) in [5.74, 6) is -3.46. The smallest absolute Gasteiger partial charge is 0.322 e. The van der Waals surface area contributed by atoms with E-state index < -0.39 is 118 Å². The lowest BCUT2D eigenvalue weighted by Crippen LogP contribution is -2.61. The Morgan fingerprint density at radius 3 is 2.10 bits per heavy atom. The van der Waals surface area contributed by atoms with Crippen LogP contribution in [0.5, 0.6) is 0 Å². The molecule has 0 aromatic heterocycles. The molecule has 2 amide bonds. The number of cyclic esters (lactones) is 1. The molecular weight excluding hydrogens is 929 g/mol. The third-order valence-corrected chi connectivity index (χ3v) is 16.0. The standard InChI is InChI=1S/C50H80N4O15S/c1-14-38-50(10,61)42(56)32(6)54(47(59)51-34-20-22-36(23-21-34)70(62,63)52-35-18-16-15-17-19-35)27-28(2)25-48(8,60)44(69-46-40(55)37(53(11)12)24-29(3)65-46)30(4)41(31(5)45(58)67-38)68-39-26-49(9,64-13)43(57)33(7)66-39/h15-23,28-33,37-44,46,52,55-57,60-61H,14,24-27H2,1-13H3,(H,51,59)/t28-,29-,30+,31-,32-,33+,37+,38-,39?,40-,41+,42?,43+,44-,46+,48-,49-,50-/m1/s1. The van der Waals surface area contributed by atoms with Crippen LogP contribution in [-0.4, -0.2) is 174 Å². The number of para-hydroxylation sites is 1. The number of methoxy groups -OCH3 is 1. The van der Waals surface area contributed by atoms with Gasteiger partial charge in [-0.05, 0) is 124 Å². The number of amides is 2. The lowest BCUT2D eigenvalue weighted by Gasteiger charge is -2.48. The number of benzene rings is 2. The minimum absolute atomic E-state index is 0.0449. The summed E-state index contributed by atoms with van der Waals surface area (Å²) in [6.45, 7) is 16.4. The molecule has 3 aliphatic rings. The van der Waals surface area contributed by atoms with Crippen LogP contribution in [0.3, 0.4) is 0 Å². The van der Waals surface area contributed by atoms with Crippen molar-refractivity contribution < 1.29 is 72.0 Å². The Kier molecular flexibility index (Phi) is 19.0. The van der Waals surface area contributed by atoms with Crippen LogP contribution >= 0.6 is 0 Å². The predicted octanol–water partition coefficient (Wildman–Crippen LogP) is 4.30. The van der Waals surface area contributed by atoms with Crippen molar-refractivity contribution in [3.05, 3.63) is 54.6 Å². The van der Waals surface area contributed by atoms with E-state index in [-0.39, 0.29) is 48.5 Å². The molecule has 70 heavy (non-hydrogen) atoms. The van der Waals surface area contributed by atoms with Gasteiger partial charge in [-0.1, -0.05) is 39.0 Å². The number of nitrogens with one attached hydrogen (secondary N) is 2. The highest BCUT2D eigenvalue weighted by Crippen LogP contribution is 2.40. The van der Waals surface area contributed by atoms with E-state index in [4.69, 9.17) is 28.4 Å². The summed E-state index contributed by atoms with van der Waals surface area (Å²) in [4.78, 5) is 32.2. The molecule has 0 radical (unpaired) electrons. The molecule has 0 spiro atoms. The molecule has 19 nitrogen and oxygen atoms in total. The molecule has 2 aromatic rings. The fourth-order valence-electron chi connectivity index (χ4n) is 10.4. The molecule has 20 heteroatoms. The van der Waals surface area contributed by atoms with Crippen LogP contribution in [0.1, 0.15) is 94.9 Å². The Morgan fingerprint density at radius 2 is 1.51 bits per heavy atom. The fraction of sp³-hybridized carbons (Fsp3) is 0.720. The Hall–Kier alpha value is -3.51. The molecule has 0 saturated carbocycles. The third-order valence-electron chi connectivity index (χ3n) is 14.6. The number of carbonyl (C=O) groups is 2. The first kappa shape index (κ1) is 57.4. The molecule has 5 rings (SSSR count). The van der Waals surface area contributed by atoms with Gasteiger partial charge in [0, 0.05) is 43.4 Å². The number of anilines is 2. The summed E-state index contributed by atoms with van der Waals surface area (Å²) in [6, 6.07) is 11.7. The van der Waals surface area contributed by atoms with Gasteiger partial charge in [-0.15, -0.1) is 0 Å². The Balaban J connectivity index is 1.56. The van der Waals surface area contributed by atoms with E-state index in [1.54, 1.807) is 85.7 Å². The Labute approximate surface area is 414 Å². The summed E-state index contributed by atoms with van der Waals surface area (Å²) >= 11 is 0. The minimum atomic E-state index is -3.98. The SMILES string of the molecule is CC[C@H]1OC(=O)[C@H](C)[C@@H](OC2C[C@@](C)(OC)[C@@H](O)[C@H](C)O2)[C@H](C)[C@@H](O[C@@H]2O[C@H](C)C[C@H](N(C)C)[C@H]2O)[C@](C)(O)C[C@@H](C)CN(C(=O)Nc2ccc(S(=O)(=O)Nc3ccccc3)cc2)[C@H](C)C(O)[C@]1(C)O. The van der Waals surface area contributed by atoms with Crippen LogP contribution in [0.4, 0.5) is 16.2 Å². The lowest BCUT2D eigenvalue weighted by atomic mass is 9.77. The van der Waals surface area contributed by atoms with E-state index in [0.29, 0.717) is 12.1 Å². The first-order chi connectivity index (χ1) is 32.6. The number of hydrogen-bond acceptors (Lipinski definition) is 16. The maximum Gasteiger partial charge on any atom is 0.322 e. The number of aliphatic hydroxyl groups excluding tert-OH is 3. The first-order valence-electron chi connectivity index (χ1n) is 24.3. The van der Waals surface area contributed by atoms with Crippen LogP contribution in [0.15, 0.2) is 59.5 Å². The zero-order chi connectivity index (χ0) is 52.3. The zero-order valence-corrected chi connectivity index (χ0v) is 43.8. The number of aliphatic hydroxyl groups is 5. The number of sulfonamides is 1. The average molecular weight is 1010 g/mol. The van der Waals surface area contributed by atoms with Gasteiger partial charge in [-0.25, -0.2) is 13.2 Å². The highest BCUT2D eigenvalue weighted by Gasteiger charge is 2.53. The van der Waals surface area contributed by atoms with E-state index in [1.165, 1.54) is 43.2 Å². The van der Waals surface area contributed by atoms with Gasteiger partial charge in [0.05, 0.1) is 52.5 Å². The van der Waals surface area contributed by atoms with Crippen molar-refractivity contribution in [2.24, 2.45) is 17.8 Å². The number of nitrogens with zero attached hydrogens (tertiary/aromatic N) is 2. The largest absolute Gasteiger partial charge is 0.459 e. The summed E-state index contributed by atoms with van der Waals surface area (Å²) < 4.78 is 66.7. The molecule has 18 atom stereocenters. The Bertz CT molecular complexity index is 2130. The van der Waals surface area contributed by atoms with Crippen LogP contribution in [0.25, 0.3) is 0 Å². The molecule has 0 bridgehead atoms.